The number of carbonyl (C=O) groups excluding carboxylic acids is 3. The quantitative estimate of drug-likeness (QED) is 0.517. The lowest BCUT2D eigenvalue weighted by atomic mass is 9.65. The summed E-state index contributed by atoms with van der Waals surface area (Å²) < 4.78 is 9.60. The lowest BCUT2D eigenvalue weighted by molar-refractivity contribution is -0.167. The Balaban J connectivity index is 2.63. The Morgan fingerprint density at radius 2 is 1.65 bits per heavy atom. The van der Waals surface area contributed by atoms with Gasteiger partial charge in [-0.15, -0.1) is 0 Å². The summed E-state index contributed by atoms with van der Waals surface area (Å²) in [7, 11) is 0. The van der Waals surface area contributed by atoms with Crippen LogP contribution in [-0.4, -0.2) is 30.9 Å². The summed E-state index contributed by atoms with van der Waals surface area (Å²) in [4.78, 5) is 34.9. The van der Waals surface area contributed by atoms with Crippen LogP contribution in [0.5, 0.6) is 0 Å². The van der Waals surface area contributed by atoms with Crippen LogP contribution in [0.2, 0.25) is 0 Å². The van der Waals surface area contributed by atoms with Crippen LogP contribution in [0.15, 0.2) is 0 Å². The molecule has 0 aromatic heterocycles. The minimum atomic E-state index is -1.08. The van der Waals surface area contributed by atoms with Crippen LogP contribution >= 0.6 is 0 Å². The molecule has 0 N–H and O–H groups in total. The Kier molecular flexibility index (Phi) is 4.66. The number of carbonyl (C=O) groups is 3. The topological polar surface area (TPSA) is 69.7 Å². The third kappa shape index (κ3) is 2.84. The van der Waals surface area contributed by atoms with Crippen LogP contribution in [0.3, 0.4) is 0 Å². The van der Waals surface area contributed by atoms with Crippen molar-refractivity contribution in [2.24, 2.45) is 5.41 Å². The zero-order valence-electron chi connectivity index (χ0n) is 10.3. The average molecular weight is 242 g/mol. The van der Waals surface area contributed by atoms with Crippen molar-refractivity contribution in [1.82, 2.24) is 0 Å². The van der Waals surface area contributed by atoms with Crippen LogP contribution in [0.25, 0.3) is 0 Å². The number of ketones is 1. The maximum Gasteiger partial charge on any atom is 0.319 e. The number of ether oxygens (including phenoxy) is 2. The molecule has 0 spiro atoms. The number of rotatable bonds is 6. The number of Topliss-reactive ketones (excluding diaryl/α,β-unsaturated/α-hetero) is 1. The van der Waals surface area contributed by atoms with Crippen molar-refractivity contribution in [3.63, 3.8) is 0 Å². The molecule has 0 unspecified atom stereocenters. The molecule has 1 aliphatic carbocycles. The standard InChI is InChI=1S/C12H18O5/c1-3-16-10(14)8-9(13)12(6-5-7-12)11(15)17-4-2/h3-8H2,1-2H3. The van der Waals surface area contributed by atoms with Crippen molar-refractivity contribution in [3.05, 3.63) is 0 Å². The summed E-state index contributed by atoms with van der Waals surface area (Å²) >= 11 is 0. The molecule has 1 saturated carbocycles. The van der Waals surface area contributed by atoms with Crippen LogP contribution in [-0.2, 0) is 23.9 Å². The van der Waals surface area contributed by atoms with Crippen molar-refractivity contribution >= 4 is 17.7 Å². The maximum atomic E-state index is 11.9. The molecule has 5 nitrogen and oxygen atoms in total. The molecule has 0 amide bonds. The molecule has 0 aromatic rings. The van der Waals surface area contributed by atoms with E-state index in [1.54, 1.807) is 13.8 Å². The van der Waals surface area contributed by atoms with Gasteiger partial charge in [0.1, 0.15) is 11.8 Å². The first-order valence-electron chi connectivity index (χ1n) is 5.93. The molecule has 96 valence electrons. The van der Waals surface area contributed by atoms with Gasteiger partial charge in [-0.1, -0.05) is 6.42 Å². The zero-order chi connectivity index (χ0) is 12.9. The first-order valence-corrected chi connectivity index (χ1v) is 5.93. The largest absolute Gasteiger partial charge is 0.466 e. The minimum absolute atomic E-state index is 0.235. The van der Waals surface area contributed by atoms with Crippen LogP contribution in [0, 0.1) is 5.41 Å². The highest BCUT2D eigenvalue weighted by molar-refractivity contribution is 6.10. The third-order valence-corrected chi connectivity index (χ3v) is 3.02. The van der Waals surface area contributed by atoms with E-state index in [1.165, 1.54) is 0 Å². The van der Waals surface area contributed by atoms with Gasteiger partial charge in [0.15, 0.2) is 5.78 Å². The fourth-order valence-electron chi connectivity index (χ4n) is 1.91. The SMILES string of the molecule is CCOC(=O)CC(=O)C1(C(=O)OCC)CCC1. The minimum Gasteiger partial charge on any atom is -0.466 e. The van der Waals surface area contributed by atoms with Crippen LogP contribution in [0.4, 0.5) is 0 Å². The summed E-state index contributed by atoms with van der Waals surface area (Å²) in [6, 6.07) is 0. The molecule has 1 rings (SSSR count). The second kappa shape index (κ2) is 5.80. The molecule has 1 aliphatic rings. The highest BCUT2D eigenvalue weighted by Gasteiger charge is 2.52. The second-order valence-electron chi connectivity index (χ2n) is 4.06. The lowest BCUT2D eigenvalue weighted by Gasteiger charge is -2.37. The van der Waals surface area contributed by atoms with Gasteiger partial charge in [-0.25, -0.2) is 0 Å². The molecule has 0 atom stereocenters. The van der Waals surface area contributed by atoms with E-state index in [-0.39, 0.29) is 25.4 Å². The fraction of sp³-hybridized carbons (Fsp3) is 0.750. The van der Waals surface area contributed by atoms with E-state index in [2.05, 4.69) is 0 Å². The molecule has 0 heterocycles. The van der Waals surface area contributed by atoms with Gasteiger partial charge < -0.3 is 9.47 Å². The smallest absolute Gasteiger partial charge is 0.319 e. The van der Waals surface area contributed by atoms with E-state index < -0.39 is 17.4 Å². The molecule has 0 radical (unpaired) electrons. The lowest BCUT2D eigenvalue weighted by Crippen LogP contribution is -2.47. The van der Waals surface area contributed by atoms with E-state index in [0.29, 0.717) is 12.8 Å². The van der Waals surface area contributed by atoms with Gasteiger partial charge in [0.25, 0.3) is 0 Å². The Morgan fingerprint density at radius 1 is 1.06 bits per heavy atom. The average Bonchev–Trinajstić information content (AvgIpc) is 2.16. The summed E-state index contributed by atoms with van der Waals surface area (Å²) in [5, 5.41) is 0. The molecule has 17 heavy (non-hydrogen) atoms. The number of esters is 2. The highest BCUT2D eigenvalue weighted by Crippen LogP contribution is 2.43. The van der Waals surface area contributed by atoms with Gasteiger partial charge in [0.2, 0.25) is 0 Å². The van der Waals surface area contributed by atoms with Crippen molar-refractivity contribution in [2.75, 3.05) is 13.2 Å². The second-order valence-corrected chi connectivity index (χ2v) is 4.06. The van der Waals surface area contributed by atoms with Gasteiger partial charge in [-0.05, 0) is 26.7 Å². The highest BCUT2D eigenvalue weighted by atomic mass is 16.5. The normalized spacial score (nSPS) is 16.8. The summed E-state index contributed by atoms with van der Waals surface area (Å²) in [6.45, 7) is 3.85. The first-order chi connectivity index (χ1) is 8.06. The number of hydrogen-bond donors (Lipinski definition) is 0. The predicted octanol–water partition coefficient (Wildman–Crippen LogP) is 1.24. The molecule has 0 bridgehead atoms. The summed E-state index contributed by atoms with van der Waals surface area (Å²) in [6.07, 6.45) is 1.42. The third-order valence-electron chi connectivity index (χ3n) is 3.02. The Labute approximate surface area is 100 Å². The molecule has 0 aromatic carbocycles. The van der Waals surface area contributed by atoms with E-state index in [1.807, 2.05) is 0 Å². The van der Waals surface area contributed by atoms with E-state index in [9.17, 15) is 14.4 Å². The van der Waals surface area contributed by atoms with Gasteiger partial charge >= 0.3 is 11.9 Å². The maximum absolute atomic E-state index is 11.9. The molecule has 0 aliphatic heterocycles. The van der Waals surface area contributed by atoms with Gasteiger partial charge in [-0.2, -0.15) is 0 Å². The van der Waals surface area contributed by atoms with Crippen LogP contribution in [0.1, 0.15) is 39.5 Å². The molecule has 5 heteroatoms. The van der Waals surface area contributed by atoms with Crippen molar-refractivity contribution < 1.29 is 23.9 Å². The van der Waals surface area contributed by atoms with Gasteiger partial charge in [-0.3, -0.25) is 14.4 Å². The number of hydrogen-bond acceptors (Lipinski definition) is 5. The van der Waals surface area contributed by atoms with Crippen LogP contribution < -0.4 is 0 Å². The molecular weight excluding hydrogens is 224 g/mol. The van der Waals surface area contributed by atoms with E-state index in [0.717, 1.165) is 6.42 Å². The summed E-state index contributed by atoms with van der Waals surface area (Å²) in [5.41, 5.74) is -1.08. The van der Waals surface area contributed by atoms with E-state index >= 15 is 0 Å². The summed E-state index contributed by atoms with van der Waals surface area (Å²) in [5.74, 6) is -1.45. The van der Waals surface area contributed by atoms with Crippen molar-refractivity contribution in [1.29, 1.82) is 0 Å². The van der Waals surface area contributed by atoms with Crippen molar-refractivity contribution in [2.45, 2.75) is 39.5 Å². The van der Waals surface area contributed by atoms with Gasteiger partial charge in [0.05, 0.1) is 13.2 Å². The molecule has 0 saturated heterocycles. The predicted molar refractivity (Wildman–Crippen MR) is 59.2 cm³/mol. The first kappa shape index (κ1) is 13.7. The molecular formula is C12H18O5. The molecule has 1 fully saturated rings. The Morgan fingerprint density at radius 3 is 2.06 bits per heavy atom. The van der Waals surface area contributed by atoms with Crippen molar-refractivity contribution in [3.8, 4) is 0 Å². The monoisotopic (exact) mass is 242 g/mol. The Hall–Kier alpha value is -1.39. The zero-order valence-corrected chi connectivity index (χ0v) is 10.3. The fourth-order valence-corrected chi connectivity index (χ4v) is 1.91. The van der Waals surface area contributed by atoms with E-state index in [4.69, 9.17) is 9.47 Å². The Bertz CT molecular complexity index is 317. The van der Waals surface area contributed by atoms with Gasteiger partial charge in [0, 0.05) is 0 Å².